The molecular weight excluding hydrogens is 206 g/mol. The van der Waals surface area contributed by atoms with Crippen LogP contribution in [0, 0.1) is 32.1 Å². The lowest BCUT2D eigenvalue weighted by Gasteiger charge is -2.10. The fraction of sp³-hybridized carbons (Fsp3) is 0.188. The topological polar surface area (TPSA) is 23.8 Å². The molecule has 0 radical (unpaired) electrons. The van der Waals surface area contributed by atoms with Gasteiger partial charge in [0.15, 0.2) is 0 Å². The van der Waals surface area contributed by atoms with Crippen LogP contribution in [0.25, 0.3) is 11.1 Å². The van der Waals surface area contributed by atoms with Gasteiger partial charge in [0.25, 0.3) is 0 Å². The third-order valence-electron chi connectivity index (χ3n) is 3.05. The molecule has 17 heavy (non-hydrogen) atoms. The van der Waals surface area contributed by atoms with Crippen molar-refractivity contribution < 1.29 is 0 Å². The van der Waals surface area contributed by atoms with Crippen molar-refractivity contribution in [3.05, 3.63) is 58.7 Å². The van der Waals surface area contributed by atoms with Crippen LogP contribution in [0.2, 0.25) is 0 Å². The maximum atomic E-state index is 8.97. The van der Waals surface area contributed by atoms with Crippen molar-refractivity contribution in [2.45, 2.75) is 20.8 Å². The molecule has 0 aliphatic rings. The smallest absolute Gasteiger partial charge is 0.0991 e. The maximum Gasteiger partial charge on any atom is 0.0991 e. The van der Waals surface area contributed by atoms with Gasteiger partial charge in [-0.05, 0) is 55.2 Å². The molecular formula is C16H15N. The highest BCUT2D eigenvalue weighted by Gasteiger charge is 2.06. The summed E-state index contributed by atoms with van der Waals surface area (Å²) in [6, 6.07) is 14.5. The summed E-state index contributed by atoms with van der Waals surface area (Å²) in [4.78, 5) is 0. The van der Waals surface area contributed by atoms with Gasteiger partial charge >= 0.3 is 0 Å². The van der Waals surface area contributed by atoms with Gasteiger partial charge in [-0.1, -0.05) is 29.8 Å². The highest BCUT2D eigenvalue weighted by atomic mass is 14.2. The van der Waals surface area contributed by atoms with Crippen LogP contribution in [-0.4, -0.2) is 0 Å². The van der Waals surface area contributed by atoms with Gasteiger partial charge in [0, 0.05) is 0 Å². The summed E-state index contributed by atoms with van der Waals surface area (Å²) in [6.07, 6.45) is 0. The Morgan fingerprint density at radius 2 is 1.41 bits per heavy atom. The first-order valence-corrected chi connectivity index (χ1v) is 5.70. The minimum Gasteiger partial charge on any atom is -0.192 e. The summed E-state index contributed by atoms with van der Waals surface area (Å²) in [5.41, 5.74) is 6.79. The van der Waals surface area contributed by atoms with E-state index < -0.39 is 0 Å². The average Bonchev–Trinajstić information content (AvgIpc) is 2.33. The van der Waals surface area contributed by atoms with Gasteiger partial charge in [0.1, 0.15) is 0 Å². The quantitative estimate of drug-likeness (QED) is 0.709. The monoisotopic (exact) mass is 221 g/mol. The number of nitrogens with zero attached hydrogens (tertiary/aromatic N) is 1. The first kappa shape index (κ1) is 11.4. The van der Waals surface area contributed by atoms with Gasteiger partial charge < -0.3 is 0 Å². The number of nitriles is 1. The van der Waals surface area contributed by atoms with Crippen LogP contribution in [-0.2, 0) is 0 Å². The van der Waals surface area contributed by atoms with Crippen molar-refractivity contribution in [2.75, 3.05) is 0 Å². The van der Waals surface area contributed by atoms with E-state index in [1.807, 2.05) is 18.2 Å². The van der Waals surface area contributed by atoms with E-state index in [-0.39, 0.29) is 0 Å². The molecule has 0 unspecified atom stereocenters. The number of hydrogen-bond acceptors (Lipinski definition) is 1. The Morgan fingerprint density at radius 3 is 2.06 bits per heavy atom. The van der Waals surface area contributed by atoms with Gasteiger partial charge in [0.2, 0.25) is 0 Å². The molecule has 0 amide bonds. The molecule has 2 aromatic carbocycles. The molecule has 0 aromatic heterocycles. The van der Waals surface area contributed by atoms with E-state index in [1.165, 1.54) is 22.3 Å². The lowest BCUT2D eigenvalue weighted by atomic mass is 9.94. The minimum atomic E-state index is 0.714. The molecule has 0 aliphatic carbocycles. The summed E-state index contributed by atoms with van der Waals surface area (Å²) in [7, 11) is 0. The van der Waals surface area contributed by atoms with Crippen molar-refractivity contribution >= 4 is 0 Å². The average molecular weight is 221 g/mol. The molecule has 2 aromatic rings. The van der Waals surface area contributed by atoms with E-state index in [0.29, 0.717) is 5.56 Å². The summed E-state index contributed by atoms with van der Waals surface area (Å²) in [5.74, 6) is 0. The van der Waals surface area contributed by atoms with Crippen LogP contribution in [0.1, 0.15) is 22.3 Å². The number of rotatable bonds is 1. The SMILES string of the molecule is Cc1ccc(C)c(-c2cc(C#N)ccc2C)c1. The largest absolute Gasteiger partial charge is 0.192 e. The summed E-state index contributed by atoms with van der Waals surface area (Å²) >= 11 is 0. The molecule has 0 spiro atoms. The first-order chi connectivity index (χ1) is 8.11. The second-order valence-corrected chi connectivity index (χ2v) is 4.46. The normalized spacial score (nSPS) is 10.0. The number of aryl methyl sites for hydroxylation is 3. The van der Waals surface area contributed by atoms with E-state index in [4.69, 9.17) is 5.26 Å². The highest BCUT2D eigenvalue weighted by Crippen LogP contribution is 2.28. The fourth-order valence-corrected chi connectivity index (χ4v) is 2.01. The second-order valence-electron chi connectivity index (χ2n) is 4.46. The minimum absolute atomic E-state index is 0.714. The van der Waals surface area contributed by atoms with Gasteiger partial charge in [-0.15, -0.1) is 0 Å². The van der Waals surface area contributed by atoms with Crippen molar-refractivity contribution in [1.82, 2.24) is 0 Å². The molecule has 1 nitrogen and oxygen atoms in total. The predicted molar refractivity (Wildman–Crippen MR) is 70.8 cm³/mol. The standard InChI is InChI=1S/C16H15N/c1-11-4-5-12(2)15(8-11)16-9-14(10-17)7-6-13(16)3/h4-9H,1-3H3. The van der Waals surface area contributed by atoms with Crippen LogP contribution < -0.4 is 0 Å². The molecule has 0 atom stereocenters. The Bertz CT molecular complexity index is 603. The molecule has 0 bridgehead atoms. The zero-order chi connectivity index (χ0) is 12.4. The van der Waals surface area contributed by atoms with Crippen LogP contribution in [0.5, 0.6) is 0 Å². The molecule has 0 aliphatic heterocycles. The summed E-state index contributed by atoms with van der Waals surface area (Å²) in [5, 5.41) is 8.97. The summed E-state index contributed by atoms with van der Waals surface area (Å²) < 4.78 is 0. The molecule has 0 fully saturated rings. The van der Waals surface area contributed by atoms with E-state index in [2.05, 4.69) is 45.0 Å². The molecule has 0 N–H and O–H groups in total. The van der Waals surface area contributed by atoms with Crippen LogP contribution in [0.15, 0.2) is 36.4 Å². The van der Waals surface area contributed by atoms with Crippen molar-refractivity contribution in [1.29, 1.82) is 5.26 Å². The fourth-order valence-electron chi connectivity index (χ4n) is 2.01. The highest BCUT2D eigenvalue weighted by molar-refractivity contribution is 5.72. The van der Waals surface area contributed by atoms with E-state index in [9.17, 15) is 0 Å². The van der Waals surface area contributed by atoms with Gasteiger partial charge in [-0.2, -0.15) is 5.26 Å². The molecule has 84 valence electrons. The van der Waals surface area contributed by atoms with E-state index in [0.717, 1.165) is 5.56 Å². The van der Waals surface area contributed by atoms with Crippen molar-refractivity contribution in [3.63, 3.8) is 0 Å². The van der Waals surface area contributed by atoms with Gasteiger partial charge in [-0.3, -0.25) is 0 Å². The van der Waals surface area contributed by atoms with Crippen LogP contribution >= 0.6 is 0 Å². The zero-order valence-corrected chi connectivity index (χ0v) is 10.4. The predicted octanol–water partition coefficient (Wildman–Crippen LogP) is 4.15. The lowest BCUT2D eigenvalue weighted by molar-refractivity contribution is 1.36. The lowest BCUT2D eigenvalue weighted by Crippen LogP contribution is -1.89. The Balaban J connectivity index is 2.68. The molecule has 0 heterocycles. The van der Waals surface area contributed by atoms with Crippen LogP contribution in [0.4, 0.5) is 0 Å². The molecule has 2 rings (SSSR count). The molecule has 0 saturated heterocycles. The number of benzene rings is 2. The Labute approximate surface area is 102 Å². The van der Waals surface area contributed by atoms with Gasteiger partial charge in [0.05, 0.1) is 11.6 Å². The Hall–Kier alpha value is -2.07. The first-order valence-electron chi connectivity index (χ1n) is 5.70. The number of hydrogen-bond donors (Lipinski definition) is 0. The van der Waals surface area contributed by atoms with Crippen molar-refractivity contribution in [2.24, 2.45) is 0 Å². The van der Waals surface area contributed by atoms with E-state index >= 15 is 0 Å². The molecule has 1 heteroatoms. The second kappa shape index (κ2) is 4.43. The zero-order valence-electron chi connectivity index (χ0n) is 10.4. The maximum absolute atomic E-state index is 8.97. The molecule has 0 saturated carbocycles. The Kier molecular flexibility index (Phi) is 2.97. The van der Waals surface area contributed by atoms with Crippen molar-refractivity contribution in [3.8, 4) is 17.2 Å². The third kappa shape index (κ3) is 2.21. The third-order valence-corrected chi connectivity index (χ3v) is 3.05. The summed E-state index contributed by atoms with van der Waals surface area (Å²) in [6.45, 7) is 6.28. The van der Waals surface area contributed by atoms with Gasteiger partial charge in [-0.25, -0.2) is 0 Å². The van der Waals surface area contributed by atoms with E-state index in [1.54, 1.807) is 0 Å². The Morgan fingerprint density at radius 1 is 0.824 bits per heavy atom. The van der Waals surface area contributed by atoms with Crippen LogP contribution in [0.3, 0.4) is 0 Å².